The summed E-state index contributed by atoms with van der Waals surface area (Å²) < 4.78 is 30.7. The molecule has 2 aromatic heterocycles. The molecule has 2 aromatic rings. The number of nitrogens with one attached hydrogen (secondary N) is 1. The molecule has 0 spiro atoms. The van der Waals surface area contributed by atoms with Crippen LogP contribution in [0.25, 0.3) is 5.65 Å². The topological polar surface area (TPSA) is 70.0 Å². The number of hydrogen-bond donors (Lipinski definition) is 1. The third-order valence-corrected chi connectivity index (χ3v) is 5.54. The van der Waals surface area contributed by atoms with Crippen molar-refractivity contribution in [2.75, 3.05) is 33.2 Å². The standard InChI is InChI=1S/C14H21N5O2S/c1-12-4-3-5-14-16-13(11-19(12)14)10-15-22(20,21)18-8-6-17(2)7-9-18/h3-5,11,15H,6-10H2,1-2H3. The summed E-state index contributed by atoms with van der Waals surface area (Å²) in [5.74, 6) is 0. The molecule has 8 heteroatoms. The van der Waals surface area contributed by atoms with Crippen LogP contribution in [0.2, 0.25) is 0 Å². The van der Waals surface area contributed by atoms with Gasteiger partial charge in [-0.1, -0.05) is 6.07 Å². The molecule has 1 aliphatic rings. The van der Waals surface area contributed by atoms with Crippen LogP contribution in [-0.2, 0) is 16.8 Å². The van der Waals surface area contributed by atoms with E-state index >= 15 is 0 Å². The Labute approximate surface area is 130 Å². The Hall–Kier alpha value is -1.48. The molecule has 1 saturated heterocycles. The normalized spacial score (nSPS) is 18.1. The molecule has 22 heavy (non-hydrogen) atoms. The van der Waals surface area contributed by atoms with E-state index in [9.17, 15) is 8.42 Å². The molecule has 0 amide bonds. The number of aromatic nitrogens is 2. The summed E-state index contributed by atoms with van der Waals surface area (Å²) in [6, 6.07) is 5.84. The number of imidazole rings is 1. The van der Waals surface area contributed by atoms with Crippen LogP contribution in [0.1, 0.15) is 11.4 Å². The Morgan fingerprint density at radius 1 is 1.23 bits per heavy atom. The zero-order valence-corrected chi connectivity index (χ0v) is 13.7. The predicted molar refractivity (Wildman–Crippen MR) is 84.8 cm³/mol. The average molecular weight is 323 g/mol. The molecule has 0 atom stereocenters. The maximum absolute atomic E-state index is 12.3. The second-order valence-electron chi connectivity index (χ2n) is 5.66. The number of aryl methyl sites for hydroxylation is 1. The van der Waals surface area contributed by atoms with Crippen LogP contribution in [0.15, 0.2) is 24.4 Å². The van der Waals surface area contributed by atoms with Crippen molar-refractivity contribution in [3.05, 3.63) is 35.8 Å². The summed E-state index contributed by atoms with van der Waals surface area (Å²) in [5.41, 5.74) is 2.61. The molecule has 3 rings (SSSR count). The fourth-order valence-corrected chi connectivity index (χ4v) is 3.73. The van der Waals surface area contributed by atoms with Gasteiger partial charge in [-0.3, -0.25) is 0 Å². The highest BCUT2D eigenvalue weighted by molar-refractivity contribution is 7.87. The first-order valence-corrected chi connectivity index (χ1v) is 8.76. The summed E-state index contributed by atoms with van der Waals surface area (Å²) in [5, 5.41) is 0. The monoisotopic (exact) mass is 323 g/mol. The van der Waals surface area contributed by atoms with Crippen molar-refractivity contribution >= 4 is 15.9 Å². The fraction of sp³-hybridized carbons (Fsp3) is 0.500. The molecule has 1 aliphatic heterocycles. The number of fused-ring (bicyclic) bond motifs is 1. The second-order valence-corrected chi connectivity index (χ2v) is 7.41. The number of pyridine rings is 1. The SMILES string of the molecule is Cc1cccc2nc(CNS(=O)(=O)N3CCN(C)CC3)cn12. The van der Waals surface area contributed by atoms with Crippen molar-refractivity contribution in [3.63, 3.8) is 0 Å². The highest BCUT2D eigenvalue weighted by Gasteiger charge is 2.25. The van der Waals surface area contributed by atoms with Gasteiger partial charge < -0.3 is 9.30 Å². The molecule has 0 aliphatic carbocycles. The highest BCUT2D eigenvalue weighted by atomic mass is 32.2. The first-order valence-electron chi connectivity index (χ1n) is 7.32. The van der Waals surface area contributed by atoms with Crippen LogP contribution in [0.5, 0.6) is 0 Å². The van der Waals surface area contributed by atoms with E-state index in [1.807, 2.05) is 42.8 Å². The van der Waals surface area contributed by atoms with Gasteiger partial charge in [0.2, 0.25) is 0 Å². The van der Waals surface area contributed by atoms with Crippen LogP contribution in [0.4, 0.5) is 0 Å². The van der Waals surface area contributed by atoms with E-state index in [0.29, 0.717) is 18.8 Å². The minimum Gasteiger partial charge on any atom is -0.304 e. The van der Waals surface area contributed by atoms with E-state index in [4.69, 9.17) is 0 Å². The quantitative estimate of drug-likeness (QED) is 0.874. The van der Waals surface area contributed by atoms with Gasteiger partial charge in [-0.2, -0.15) is 17.4 Å². The third kappa shape index (κ3) is 3.14. The molecule has 1 fully saturated rings. The third-order valence-electron chi connectivity index (χ3n) is 3.98. The number of hydrogen-bond acceptors (Lipinski definition) is 4. The molecule has 0 unspecified atom stereocenters. The molecule has 0 bridgehead atoms. The zero-order valence-electron chi connectivity index (χ0n) is 12.9. The van der Waals surface area contributed by atoms with Crippen LogP contribution in [0, 0.1) is 6.92 Å². The molecule has 120 valence electrons. The van der Waals surface area contributed by atoms with E-state index in [1.54, 1.807) is 0 Å². The maximum atomic E-state index is 12.3. The first-order chi connectivity index (χ1) is 10.5. The van der Waals surface area contributed by atoms with E-state index in [2.05, 4.69) is 14.6 Å². The number of likely N-dealkylation sites (N-methyl/N-ethyl adjacent to an activating group) is 1. The molecule has 0 radical (unpaired) electrons. The Morgan fingerprint density at radius 2 is 1.95 bits per heavy atom. The number of nitrogens with zero attached hydrogens (tertiary/aromatic N) is 4. The molecular formula is C14H21N5O2S. The van der Waals surface area contributed by atoms with Crippen LogP contribution in [-0.4, -0.2) is 60.2 Å². The lowest BCUT2D eigenvalue weighted by Gasteiger charge is -2.31. The smallest absolute Gasteiger partial charge is 0.279 e. The lowest BCUT2D eigenvalue weighted by molar-refractivity contribution is 0.221. The largest absolute Gasteiger partial charge is 0.304 e. The van der Waals surface area contributed by atoms with Crippen molar-refractivity contribution in [1.82, 2.24) is 23.3 Å². The van der Waals surface area contributed by atoms with Gasteiger partial charge in [0.1, 0.15) is 5.65 Å². The van der Waals surface area contributed by atoms with Crippen molar-refractivity contribution in [3.8, 4) is 0 Å². The molecule has 3 heterocycles. The van der Waals surface area contributed by atoms with Crippen molar-refractivity contribution in [2.45, 2.75) is 13.5 Å². The van der Waals surface area contributed by atoms with Gasteiger partial charge in [-0.25, -0.2) is 4.98 Å². The molecule has 0 aromatic carbocycles. The summed E-state index contributed by atoms with van der Waals surface area (Å²) in [6.45, 7) is 4.76. The predicted octanol–water partition coefficient (Wildman–Crippen LogP) is 0.225. The lowest BCUT2D eigenvalue weighted by Crippen LogP contribution is -2.50. The lowest BCUT2D eigenvalue weighted by atomic mass is 10.4. The minimum absolute atomic E-state index is 0.204. The molecule has 7 nitrogen and oxygen atoms in total. The van der Waals surface area contributed by atoms with E-state index in [0.717, 1.165) is 24.4 Å². The molecule has 1 N–H and O–H groups in total. The summed E-state index contributed by atoms with van der Waals surface area (Å²) >= 11 is 0. The Morgan fingerprint density at radius 3 is 2.64 bits per heavy atom. The van der Waals surface area contributed by atoms with E-state index in [-0.39, 0.29) is 6.54 Å². The Bertz CT molecular complexity index is 763. The van der Waals surface area contributed by atoms with Gasteiger partial charge in [0.05, 0.1) is 12.2 Å². The Balaban J connectivity index is 1.69. The fourth-order valence-electron chi connectivity index (χ4n) is 2.57. The zero-order chi connectivity index (χ0) is 15.7. The van der Waals surface area contributed by atoms with E-state index < -0.39 is 10.2 Å². The number of piperazine rings is 1. The van der Waals surface area contributed by atoms with Gasteiger partial charge in [0.25, 0.3) is 10.2 Å². The summed E-state index contributed by atoms with van der Waals surface area (Å²) in [4.78, 5) is 6.57. The average Bonchev–Trinajstić information content (AvgIpc) is 2.90. The number of rotatable bonds is 4. The molecule has 0 saturated carbocycles. The Kier molecular flexibility index (Phi) is 4.18. The van der Waals surface area contributed by atoms with Crippen molar-refractivity contribution in [1.29, 1.82) is 0 Å². The van der Waals surface area contributed by atoms with Gasteiger partial charge >= 0.3 is 0 Å². The maximum Gasteiger partial charge on any atom is 0.279 e. The second kappa shape index (κ2) is 5.96. The highest BCUT2D eigenvalue weighted by Crippen LogP contribution is 2.10. The van der Waals surface area contributed by atoms with Crippen molar-refractivity contribution in [2.24, 2.45) is 0 Å². The van der Waals surface area contributed by atoms with Gasteiger partial charge in [-0.05, 0) is 26.1 Å². The first kappa shape index (κ1) is 15.4. The van der Waals surface area contributed by atoms with Crippen LogP contribution in [0.3, 0.4) is 0 Å². The van der Waals surface area contributed by atoms with Crippen LogP contribution >= 0.6 is 0 Å². The molecular weight excluding hydrogens is 302 g/mol. The summed E-state index contributed by atoms with van der Waals surface area (Å²) in [7, 11) is -1.45. The minimum atomic E-state index is -3.45. The van der Waals surface area contributed by atoms with Crippen molar-refractivity contribution < 1.29 is 8.42 Å². The summed E-state index contributed by atoms with van der Waals surface area (Å²) in [6.07, 6.45) is 1.87. The van der Waals surface area contributed by atoms with Crippen LogP contribution < -0.4 is 4.72 Å². The van der Waals surface area contributed by atoms with E-state index in [1.165, 1.54) is 4.31 Å². The van der Waals surface area contributed by atoms with Gasteiger partial charge in [0.15, 0.2) is 0 Å². The van der Waals surface area contributed by atoms with Gasteiger partial charge in [0, 0.05) is 38.1 Å². The van der Waals surface area contributed by atoms with Gasteiger partial charge in [-0.15, -0.1) is 0 Å².